The molecular weight excluding hydrogens is 234 g/mol. The predicted octanol–water partition coefficient (Wildman–Crippen LogP) is 3.29. The number of nitrogens with zero attached hydrogens (tertiary/aromatic N) is 1. The van der Waals surface area contributed by atoms with Gasteiger partial charge in [0.05, 0.1) is 11.8 Å². The average molecular weight is 245 g/mol. The van der Waals surface area contributed by atoms with E-state index in [9.17, 15) is 0 Å². The molecule has 0 saturated heterocycles. The highest BCUT2D eigenvalue weighted by Gasteiger charge is 2.18. The molecule has 0 radical (unpaired) electrons. The van der Waals surface area contributed by atoms with Crippen LogP contribution >= 0.6 is 11.3 Å². The fourth-order valence-corrected chi connectivity index (χ4v) is 2.60. The minimum absolute atomic E-state index is 0.498. The number of hydrogen-bond acceptors (Lipinski definition) is 4. The summed E-state index contributed by atoms with van der Waals surface area (Å²) in [6, 6.07) is 5.93. The van der Waals surface area contributed by atoms with E-state index < -0.39 is 0 Å². The molecule has 0 fully saturated rings. The lowest BCUT2D eigenvalue weighted by Crippen LogP contribution is -1.86. The second kappa shape index (κ2) is 3.78. The molecule has 0 unspecified atom stereocenters. The van der Waals surface area contributed by atoms with Crippen LogP contribution in [0.1, 0.15) is 5.56 Å². The van der Waals surface area contributed by atoms with E-state index in [4.69, 9.17) is 10.2 Å². The number of anilines is 1. The molecule has 0 aliphatic carbocycles. The number of aryl methyl sites for hydroxylation is 1. The molecule has 3 N–H and O–H groups in total. The molecule has 0 bridgehead atoms. The maximum atomic E-state index is 5.91. The van der Waals surface area contributed by atoms with Crippen molar-refractivity contribution in [1.82, 2.24) is 10.2 Å². The van der Waals surface area contributed by atoms with Crippen molar-refractivity contribution in [1.29, 1.82) is 0 Å². The Bertz CT molecular complexity index is 637. The second-order valence-corrected chi connectivity index (χ2v) is 4.72. The zero-order valence-electron chi connectivity index (χ0n) is 9.23. The van der Waals surface area contributed by atoms with Crippen molar-refractivity contribution in [3.05, 3.63) is 35.4 Å². The molecule has 17 heavy (non-hydrogen) atoms. The van der Waals surface area contributed by atoms with Crippen molar-refractivity contribution < 1.29 is 4.42 Å². The first-order valence-electron chi connectivity index (χ1n) is 5.19. The number of nitrogens with one attached hydrogen (secondary N) is 1. The lowest BCUT2D eigenvalue weighted by atomic mass is 10.1. The van der Waals surface area contributed by atoms with E-state index >= 15 is 0 Å². The Kier molecular flexibility index (Phi) is 2.26. The largest absolute Gasteiger partial charge is 0.462 e. The highest BCUT2D eigenvalue weighted by atomic mass is 32.1. The lowest BCUT2D eigenvalue weighted by molar-refractivity contribution is 0.578. The summed E-state index contributed by atoms with van der Waals surface area (Å²) in [5.74, 6) is 1.29. The number of hydrogen-bond donors (Lipinski definition) is 2. The summed E-state index contributed by atoms with van der Waals surface area (Å²) >= 11 is 1.63. The third-order valence-corrected chi connectivity index (χ3v) is 3.54. The van der Waals surface area contributed by atoms with Gasteiger partial charge in [-0.1, -0.05) is 6.07 Å². The fourth-order valence-electron chi connectivity index (χ4n) is 1.82. The molecule has 0 atom stereocenters. The van der Waals surface area contributed by atoms with Crippen molar-refractivity contribution in [2.45, 2.75) is 6.92 Å². The van der Waals surface area contributed by atoms with Gasteiger partial charge < -0.3 is 10.2 Å². The van der Waals surface area contributed by atoms with Gasteiger partial charge in [0.15, 0.2) is 11.6 Å². The van der Waals surface area contributed by atoms with Crippen LogP contribution < -0.4 is 5.73 Å². The number of nitrogens with two attached hydrogens (primary N) is 1. The Hall–Kier alpha value is -2.01. The van der Waals surface area contributed by atoms with Crippen LogP contribution in [0.15, 0.2) is 34.3 Å². The van der Waals surface area contributed by atoms with Gasteiger partial charge in [-0.2, -0.15) is 5.10 Å². The van der Waals surface area contributed by atoms with E-state index in [0.717, 1.165) is 27.5 Å². The van der Waals surface area contributed by atoms with Gasteiger partial charge in [-0.25, -0.2) is 0 Å². The SMILES string of the molecule is Cc1ccoc1-c1[nH]nc(N)c1-c1cccs1. The average Bonchev–Trinajstić information content (AvgIpc) is 2.98. The Balaban J connectivity index is 2.23. The molecule has 4 nitrogen and oxygen atoms in total. The van der Waals surface area contributed by atoms with Crippen LogP contribution in [0, 0.1) is 6.92 Å². The van der Waals surface area contributed by atoms with Gasteiger partial charge in [0, 0.05) is 4.88 Å². The summed E-state index contributed by atoms with van der Waals surface area (Å²) in [6.07, 6.45) is 1.67. The zero-order chi connectivity index (χ0) is 11.8. The first-order chi connectivity index (χ1) is 8.27. The molecular formula is C12H11N3OS. The molecule has 3 rings (SSSR count). The number of rotatable bonds is 2. The fraction of sp³-hybridized carbons (Fsp3) is 0.0833. The van der Waals surface area contributed by atoms with E-state index in [2.05, 4.69) is 10.2 Å². The van der Waals surface area contributed by atoms with Crippen LogP contribution in [-0.2, 0) is 0 Å². The molecule has 0 spiro atoms. The smallest absolute Gasteiger partial charge is 0.155 e. The molecule has 0 amide bonds. The second-order valence-electron chi connectivity index (χ2n) is 3.77. The zero-order valence-corrected chi connectivity index (χ0v) is 10.0. The Morgan fingerprint density at radius 3 is 2.94 bits per heavy atom. The monoisotopic (exact) mass is 245 g/mol. The molecule has 86 valence electrons. The maximum Gasteiger partial charge on any atom is 0.155 e. The standard InChI is InChI=1S/C12H11N3OS/c1-7-4-5-16-11(7)10-9(12(13)15-14-10)8-3-2-6-17-8/h2-6H,1H3,(H3,13,14,15). The lowest BCUT2D eigenvalue weighted by Gasteiger charge is -2.00. The maximum absolute atomic E-state index is 5.91. The Labute approximate surface area is 102 Å². The van der Waals surface area contributed by atoms with Gasteiger partial charge in [0.25, 0.3) is 0 Å². The number of thiophene rings is 1. The van der Waals surface area contributed by atoms with Gasteiger partial charge >= 0.3 is 0 Å². The van der Waals surface area contributed by atoms with E-state index in [0.29, 0.717) is 5.82 Å². The normalized spacial score (nSPS) is 10.9. The number of aromatic nitrogens is 2. The minimum Gasteiger partial charge on any atom is -0.462 e. The van der Waals surface area contributed by atoms with Crippen LogP contribution in [0.3, 0.4) is 0 Å². The third kappa shape index (κ3) is 1.55. The highest BCUT2D eigenvalue weighted by molar-refractivity contribution is 7.13. The van der Waals surface area contributed by atoms with Crippen molar-refractivity contribution in [3.8, 4) is 21.9 Å². The Morgan fingerprint density at radius 1 is 1.41 bits per heavy atom. The first-order valence-corrected chi connectivity index (χ1v) is 6.07. The van der Waals surface area contributed by atoms with E-state index in [1.807, 2.05) is 30.5 Å². The minimum atomic E-state index is 0.498. The van der Waals surface area contributed by atoms with Gasteiger partial charge in [-0.15, -0.1) is 11.3 Å². The van der Waals surface area contributed by atoms with Crippen LogP contribution in [0.2, 0.25) is 0 Å². The van der Waals surface area contributed by atoms with Gasteiger partial charge in [0.2, 0.25) is 0 Å². The van der Waals surface area contributed by atoms with Crippen LogP contribution in [0.25, 0.3) is 21.9 Å². The number of nitrogen functional groups attached to an aromatic ring is 1. The van der Waals surface area contributed by atoms with Crippen LogP contribution in [0.5, 0.6) is 0 Å². The molecule has 0 saturated carbocycles. The van der Waals surface area contributed by atoms with Gasteiger partial charge in [0.1, 0.15) is 5.69 Å². The predicted molar refractivity (Wildman–Crippen MR) is 68.8 cm³/mol. The Morgan fingerprint density at radius 2 is 2.29 bits per heavy atom. The highest BCUT2D eigenvalue weighted by Crippen LogP contribution is 2.38. The number of H-pyrrole nitrogens is 1. The summed E-state index contributed by atoms with van der Waals surface area (Å²) in [5.41, 5.74) is 8.73. The summed E-state index contributed by atoms with van der Waals surface area (Å²) in [6.45, 7) is 1.99. The molecule has 0 aliphatic heterocycles. The first kappa shape index (κ1) is 10.2. The molecule has 3 heterocycles. The van der Waals surface area contributed by atoms with Crippen molar-refractivity contribution in [3.63, 3.8) is 0 Å². The van der Waals surface area contributed by atoms with E-state index in [1.54, 1.807) is 17.6 Å². The number of furan rings is 1. The summed E-state index contributed by atoms with van der Waals surface area (Å²) in [5, 5.41) is 9.03. The van der Waals surface area contributed by atoms with Crippen LogP contribution in [-0.4, -0.2) is 10.2 Å². The molecule has 0 aromatic carbocycles. The van der Waals surface area contributed by atoms with Crippen molar-refractivity contribution >= 4 is 17.2 Å². The summed E-state index contributed by atoms with van der Waals surface area (Å²) < 4.78 is 5.48. The van der Waals surface area contributed by atoms with Crippen LogP contribution in [0.4, 0.5) is 5.82 Å². The number of aromatic amines is 1. The van der Waals surface area contributed by atoms with Gasteiger partial charge in [-0.3, -0.25) is 5.10 Å². The topological polar surface area (TPSA) is 67.8 Å². The molecule has 3 aromatic heterocycles. The summed E-state index contributed by atoms with van der Waals surface area (Å²) in [4.78, 5) is 1.09. The van der Waals surface area contributed by atoms with E-state index in [-0.39, 0.29) is 0 Å². The molecule has 3 aromatic rings. The van der Waals surface area contributed by atoms with Gasteiger partial charge in [-0.05, 0) is 30.0 Å². The van der Waals surface area contributed by atoms with Crippen molar-refractivity contribution in [2.75, 3.05) is 5.73 Å². The van der Waals surface area contributed by atoms with Crippen molar-refractivity contribution in [2.24, 2.45) is 0 Å². The van der Waals surface area contributed by atoms with E-state index in [1.165, 1.54) is 0 Å². The molecule has 5 heteroatoms. The molecule has 0 aliphatic rings. The third-order valence-electron chi connectivity index (χ3n) is 2.65. The quantitative estimate of drug-likeness (QED) is 0.728. The summed E-state index contributed by atoms with van der Waals surface area (Å²) in [7, 11) is 0.